The zero-order valence-electron chi connectivity index (χ0n) is 14.3. The van der Waals surface area contributed by atoms with Gasteiger partial charge < -0.3 is 10.6 Å². The van der Waals surface area contributed by atoms with E-state index in [1.54, 1.807) is 18.2 Å². The molecule has 1 unspecified atom stereocenters. The summed E-state index contributed by atoms with van der Waals surface area (Å²) < 4.78 is 0.812. The summed E-state index contributed by atoms with van der Waals surface area (Å²) in [6.07, 6.45) is 1.55. The largest absolute Gasteiger partial charge is 0.325 e. The maximum atomic E-state index is 12.7. The van der Waals surface area contributed by atoms with E-state index in [1.165, 1.54) is 0 Å². The van der Waals surface area contributed by atoms with Crippen molar-refractivity contribution in [3.8, 4) is 0 Å². The predicted octanol–water partition coefficient (Wildman–Crippen LogP) is 4.80. The zero-order chi connectivity index (χ0) is 19.4. The number of nitrogens with one attached hydrogen (secondary N) is 2. The SMILES string of the molecule is O=C(CN1CCCC1C(=O)Nc1cc(Cl)cc(Cl)c1)Nc1ccccc1Br. The molecule has 3 rings (SSSR count). The average molecular weight is 471 g/mol. The molecule has 2 aromatic carbocycles. The van der Waals surface area contributed by atoms with E-state index >= 15 is 0 Å². The second kappa shape index (κ2) is 9.06. The number of hydrogen-bond acceptors (Lipinski definition) is 3. The number of amides is 2. The highest BCUT2D eigenvalue weighted by Crippen LogP contribution is 2.25. The van der Waals surface area contributed by atoms with Crippen LogP contribution in [0, 0.1) is 0 Å². The van der Waals surface area contributed by atoms with E-state index in [0.717, 1.165) is 10.9 Å². The van der Waals surface area contributed by atoms with Crippen LogP contribution in [0.15, 0.2) is 46.9 Å². The van der Waals surface area contributed by atoms with Gasteiger partial charge in [0.15, 0.2) is 0 Å². The fourth-order valence-corrected chi connectivity index (χ4v) is 4.01. The van der Waals surface area contributed by atoms with Gasteiger partial charge in [-0.2, -0.15) is 0 Å². The molecule has 2 aromatic rings. The lowest BCUT2D eigenvalue weighted by Crippen LogP contribution is -2.43. The monoisotopic (exact) mass is 469 g/mol. The standard InChI is InChI=1S/C19H18BrCl2N3O2/c20-15-4-1-2-5-16(15)24-18(26)11-25-7-3-6-17(25)19(27)23-14-9-12(21)8-13(22)10-14/h1-2,4-5,8-10,17H,3,6-7,11H2,(H,23,27)(H,24,26). The zero-order valence-corrected chi connectivity index (χ0v) is 17.4. The van der Waals surface area contributed by atoms with Crippen molar-refractivity contribution in [1.29, 1.82) is 0 Å². The summed E-state index contributed by atoms with van der Waals surface area (Å²) >= 11 is 15.4. The molecule has 2 amide bonds. The van der Waals surface area contributed by atoms with Gasteiger partial charge in [0.25, 0.3) is 0 Å². The maximum absolute atomic E-state index is 12.7. The van der Waals surface area contributed by atoms with E-state index < -0.39 is 0 Å². The molecule has 2 N–H and O–H groups in total. The minimum Gasteiger partial charge on any atom is -0.325 e. The van der Waals surface area contributed by atoms with Crippen LogP contribution in [-0.2, 0) is 9.59 Å². The first kappa shape index (κ1) is 20.1. The molecule has 0 bridgehead atoms. The first-order valence-corrected chi connectivity index (χ1v) is 10.0. The van der Waals surface area contributed by atoms with Crippen molar-refractivity contribution in [3.05, 3.63) is 57.0 Å². The molecule has 1 heterocycles. The lowest BCUT2D eigenvalue weighted by atomic mass is 10.2. The average Bonchev–Trinajstić information content (AvgIpc) is 3.04. The number of rotatable bonds is 5. The van der Waals surface area contributed by atoms with Crippen LogP contribution in [0.2, 0.25) is 10.0 Å². The number of carbonyl (C=O) groups excluding carboxylic acids is 2. The van der Waals surface area contributed by atoms with Gasteiger partial charge in [-0.1, -0.05) is 35.3 Å². The molecule has 1 atom stereocenters. The van der Waals surface area contributed by atoms with E-state index in [1.807, 2.05) is 29.2 Å². The van der Waals surface area contributed by atoms with Gasteiger partial charge in [-0.05, 0) is 65.6 Å². The third-order valence-electron chi connectivity index (χ3n) is 4.29. The van der Waals surface area contributed by atoms with Crippen LogP contribution >= 0.6 is 39.1 Å². The second-order valence-corrected chi connectivity index (χ2v) is 8.03. The summed E-state index contributed by atoms with van der Waals surface area (Å²) in [5.41, 5.74) is 1.25. The molecule has 1 fully saturated rings. The first-order valence-electron chi connectivity index (χ1n) is 8.48. The highest BCUT2D eigenvalue weighted by Gasteiger charge is 2.32. The Kier molecular flexibility index (Phi) is 6.76. The molecule has 27 heavy (non-hydrogen) atoms. The number of nitrogens with zero attached hydrogens (tertiary/aromatic N) is 1. The number of para-hydroxylation sites is 1. The van der Waals surface area contributed by atoms with Crippen LogP contribution < -0.4 is 10.6 Å². The van der Waals surface area contributed by atoms with Gasteiger partial charge >= 0.3 is 0 Å². The van der Waals surface area contributed by atoms with Crippen molar-refractivity contribution in [2.75, 3.05) is 23.7 Å². The minimum absolute atomic E-state index is 0.149. The predicted molar refractivity (Wildman–Crippen MR) is 112 cm³/mol. The summed E-state index contributed by atoms with van der Waals surface area (Å²) in [5.74, 6) is -0.327. The number of halogens is 3. The van der Waals surface area contributed by atoms with E-state index in [0.29, 0.717) is 34.4 Å². The molecular formula is C19H18BrCl2N3O2. The van der Waals surface area contributed by atoms with Gasteiger partial charge in [-0.3, -0.25) is 14.5 Å². The second-order valence-electron chi connectivity index (χ2n) is 6.30. The van der Waals surface area contributed by atoms with Gasteiger partial charge in [-0.15, -0.1) is 0 Å². The summed E-state index contributed by atoms with van der Waals surface area (Å²) in [6, 6.07) is 11.9. The molecule has 0 spiro atoms. The summed E-state index contributed by atoms with van der Waals surface area (Å²) in [7, 11) is 0. The molecule has 5 nitrogen and oxygen atoms in total. The fraction of sp³-hybridized carbons (Fsp3) is 0.263. The number of hydrogen-bond donors (Lipinski definition) is 2. The van der Waals surface area contributed by atoms with Crippen LogP contribution in [0.5, 0.6) is 0 Å². The minimum atomic E-state index is -0.368. The summed E-state index contributed by atoms with van der Waals surface area (Å²) in [5, 5.41) is 6.61. The third-order valence-corrected chi connectivity index (χ3v) is 5.42. The van der Waals surface area contributed by atoms with Crippen molar-refractivity contribution < 1.29 is 9.59 Å². The van der Waals surface area contributed by atoms with Gasteiger partial charge in [0, 0.05) is 20.2 Å². The molecule has 142 valence electrons. The summed E-state index contributed by atoms with van der Waals surface area (Å²) in [4.78, 5) is 26.9. The van der Waals surface area contributed by atoms with Crippen LogP contribution in [0.3, 0.4) is 0 Å². The maximum Gasteiger partial charge on any atom is 0.241 e. The number of anilines is 2. The molecule has 1 saturated heterocycles. The molecular weight excluding hydrogens is 453 g/mol. The van der Waals surface area contributed by atoms with Crippen LogP contribution in [0.1, 0.15) is 12.8 Å². The summed E-state index contributed by atoms with van der Waals surface area (Å²) in [6.45, 7) is 0.841. The number of carbonyl (C=O) groups is 2. The number of likely N-dealkylation sites (tertiary alicyclic amines) is 1. The highest BCUT2D eigenvalue weighted by molar-refractivity contribution is 9.10. The van der Waals surface area contributed by atoms with E-state index in [4.69, 9.17) is 23.2 Å². The fourth-order valence-electron chi connectivity index (χ4n) is 3.10. The van der Waals surface area contributed by atoms with E-state index in [9.17, 15) is 9.59 Å². The molecule has 8 heteroatoms. The molecule has 0 saturated carbocycles. The Bertz CT molecular complexity index is 842. The first-order chi connectivity index (χ1) is 12.9. The van der Waals surface area contributed by atoms with Gasteiger partial charge in [0.05, 0.1) is 18.3 Å². The van der Waals surface area contributed by atoms with Crippen molar-refractivity contribution in [2.24, 2.45) is 0 Å². The normalized spacial score (nSPS) is 16.9. The Morgan fingerprint density at radius 3 is 2.52 bits per heavy atom. The van der Waals surface area contributed by atoms with Crippen molar-refractivity contribution in [1.82, 2.24) is 4.90 Å². The molecule has 0 radical (unpaired) electrons. The molecule has 0 aliphatic carbocycles. The lowest BCUT2D eigenvalue weighted by Gasteiger charge is -2.23. The molecule has 1 aliphatic heterocycles. The Morgan fingerprint density at radius 1 is 1.11 bits per heavy atom. The third kappa shape index (κ3) is 5.45. The highest BCUT2D eigenvalue weighted by atomic mass is 79.9. The Labute approximate surface area is 176 Å². The van der Waals surface area contributed by atoms with Crippen LogP contribution in [-0.4, -0.2) is 35.8 Å². The molecule has 0 aromatic heterocycles. The van der Waals surface area contributed by atoms with Crippen molar-refractivity contribution >= 4 is 62.3 Å². The van der Waals surface area contributed by atoms with Crippen molar-refractivity contribution in [2.45, 2.75) is 18.9 Å². The molecule has 1 aliphatic rings. The Balaban J connectivity index is 1.61. The Morgan fingerprint density at radius 2 is 1.81 bits per heavy atom. The van der Waals surface area contributed by atoms with E-state index in [-0.39, 0.29) is 24.4 Å². The van der Waals surface area contributed by atoms with E-state index in [2.05, 4.69) is 26.6 Å². The van der Waals surface area contributed by atoms with Crippen molar-refractivity contribution in [3.63, 3.8) is 0 Å². The van der Waals surface area contributed by atoms with Crippen LogP contribution in [0.4, 0.5) is 11.4 Å². The topological polar surface area (TPSA) is 61.4 Å². The van der Waals surface area contributed by atoms with Crippen LogP contribution in [0.25, 0.3) is 0 Å². The van der Waals surface area contributed by atoms with Gasteiger partial charge in [0.1, 0.15) is 0 Å². The quantitative estimate of drug-likeness (QED) is 0.659. The number of benzene rings is 2. The van der Waals surface area contributed by atoms with Gasteiger partial charge in [0.2, 0.25) is 11.8 Å². The smallest absolute Gasteiger partial charge is 0.241 e. The lowest BCUT2D eigenvalue weighted by molar-refractivity contribution is -0.122. The Hall–Kier alpha value is -1.60. The van der Waals surface area contributed by atoms with Gasteiger partial charge in [-0.25, -0.2) is 0 Å².